The van der Waals surface area contributed by atoms with Crippen molar-refractivity contribution in [1.29, 1.82) is 0 Å². The Bertz CT molecular complexity index is 616. The first-order valence-electron chi connectivity index (χ1n) is 6.93. The molecule has 2 rings (SSSR count). The Labute approximate surface area is 133 Å². The van der Waals surface area contributed by atoms with Crippen molar-refractivity contribution in [2.24, 2.45) is 0 Å². The average molecular weight is 348 g/mol. The average Bonchev–Trinajstić information content (AvgIpc) is 2.52. The number of hydrogen-bond acceptors (Lipinski definition) is 3. The van der Waals surface area contributed by atoms with Gasteiger partial charge in [0.05, 0.1) is 0 Å². The third-order valence-corrected chi connectivity index (χ3v) is 3.71. The minimum absolute atomic E-state index is 0.175. The van der Waals surface area contributed by atoms with Gasteiger partial charge in [-0.15, -0.1) is 0 Å². The molecule has 0 bridgehead atoms. The Morgan fingerprint density at radius 2 is 2.00 bits per heavy atom. The topological polar surface area (TPSA) is 54.0 Å². The minimum Gasteiger partial charge on any atom is -0.370 e. The molecule has 5 heteroatoms. The van der Waals surface area contributed by atoms with E-state index >= 15 is 0 Å². The highest BCUT2D eigenvalue weighted by atomic mass is 79.9. The fourth-order valence-corrected chi connectivity index (χ4v) is 2.25. The number of halogens is 1. The molecule has 0 aliphatic heterocycles. The monoisotopic (exact) mass is 347 g/mol. The number of amides is 1. The van der Waals surface area contributed by atoms with Gasteiger partial charge >= 0.3 is 0 Å². The lowest BCUT2D eigenvalue weighted by Gasteiger charge is -2.08. The Balaban J connectivity index is 1.98. The highest BCUT2D eigenvalue weighted by Gasteiger charge is 2.08. The zero-order valence-electron chi connectivity index (χ0n) is 11.9. The zero-order valence-corrected chi connectivity index (χ0v) is 13.5. The normalized spacial score (nSPS) is 10.2. The highest BCUT2D eigenvalue weighted by molar-refractivity contribution is 9.10. The van der Waals surface area contributed by atoms with Crippen molar-refractivity contribution in [3.05, 3.63) is 58.2 Å². The predicted molar refractivity (Wildman–Crippen MR) is 88.3 cm³/mol. The summed E-state index contributed by atoms with van der Waals surface area (Å²) in [6.45, 7) is 3.39. The largest absolute Gasteiger partial charge is 0.370 e. The van der Waals surface area contributed by atoms with E-state index in [9.17, 15) is 4.79 Å². The molecular weight excluding hydrogens is 330 g/mol. The Morgan fingerprint density at radius 1 is 1.19 bits per heavy atom. The number of nitrogens with one attached hydrogen (secondary N) is 2. The van der Waals surface area contributed by atoms with E-state index < -0.39 is 0 Å². The van der Waals surface area contributed by atoms with Crippen LogP contribution in [-0.4, -0.2) is 17.4 Å². The molecule has 0 saturated carbocycles. The summed E-state index contributed by atoms with van der Waals surface area (Å²) in [6, 6.07) is 13.2. The van der Waals surface area contributed by atoms with E-state index in [1.165, 1.54) is 0 Å². The van der Waals surface area contributed by atoms with Crippen LogP contribution in [0.15, 0.2) is 46.9 Å². The molecule has 4 nitrogen and oxygen atoms in total. The van der Waals surface area contributed by atoms with E-state index in [1.54, 1.807) is 6.07 Å². The van der Waals surface area contributed by atoms with E-state index in [0.717, 1.165) is 28.8 Å². The summed E-state index contributed by atoms with van der Waals surface area (Å²) >= 11 is 3.47. The van der Waals surface area contributed by atoms with Gasteiger partial charge in [-0.3, -0.25) is 4.79 Å². The molecule has 0 aliphatic carbocycles. The Morgan fingerprint density at radius 3 is 2.76 bits per heavy atom. The molecule has 1 heterocycles. The lowest BCUT2D eigenvalue weighted by atomic mass is 10.2. The number of nitrogens with zero attached hydrogens (tertiary/aromatic N) is 1. The second-order valence-corrected chi connectivity index (χ2v) is 5.46. The molecule has 1 amide bonds. The third-order valence-electron chi connectivity index (χ3n) is 2.94. The van der Waals surface area contributed by atoms with Gasteiger partial charge in [0.1, 0.15) is 11.5 Å². The fraction of sp³-hybridized carbons (Fsp3) is 0.250. The molecule has 110 valence electrons. The van der Waals surface area contributed by atoms with Gasteiger partial charge in [-0.05, 0) is 30.2 Å². The molecule has 0 saturated heterocycles. The second kappa shape index (κ2) is 7.78. The molecule has 2 N–H and O–H groups in total. The number of carbonyl (C=O) groups excluding carboxylic acids is 1. The van der Waals surface area contributed by atoms with Gasteiger partial charge in [-0.25, -0.2) is 4.98 Å². The molecule has 1 aromatic heterocycles. The quantitative estimate of drug-likeness (QED) is 0.839. The Kier molecular flexibility index (Phi) is 5.75. The van der Waals surface area contributed by atoms with Crippen molar-refractivity contribution >= 4 is 27.7 Å². The van der Waals surface area contributed by atoms with Gasteiger partial charge in [-0.1, -0.05) is 47.1 Å². The molecule has 0 aliphatic rings. The zero-order chi connectivity index (χ0) is 15.1. The number of hydrogen-bond donors (Lipinski definition) is 2. The molecular formula is C16H18BrN3O. The molecule has 21 heavy (non-hydrogen) atoms. The number of pyridine rings is 1. The Hall–Kier alpha value is -1.88. The van der Waals surface area contributed by atoms with Gasteiger partial charge in [0.15, 0.2) is 0 Å². The van der Waals surface area contributed by atoms with Crippen molar-refractivity contribution < 1.29 is 4.79 Å². The van der Waals surface area contributed by atoms with Crippen LogP contribution in [-0.2, 0) is 6.54 Å². The number of carbonyl (C=O) groups is 1. The number of rotatable bonds is 6. The second-order valence-electron chi connectivity index (χ2n) is 4.61. The smallest absolute Gasteiger partial charge is 0.270 e. The molecule has 2 aromatic rings. The van der Waals surface area contributed by atoms with Crippen LogP contribution in [0.1, 0.15) is 29.4 Å². The summed E-state index contributed by atoms with van der Waals surface area (Å²) in [4.78, 5) is 16.4. The maximum absolute atomic E-state index is 12.1. The van der Waals surface area contributed by atoms with Crippen molar-refractivity contribution in [2.75, 3.05) is 11.9 Å². The summed E-state index contributed by atoms with van der Waals surface area (Å²) in [5.41, 5.74) is 1.45. The van der Waals surface area contributed by atoms with Crippen LogP contribution < -0.4 is 10.6 Å². The lowest BCUT2D eigenvalue weighted by Crippen LogP contribution is -2.24. The van der Waals surface area contributed by atoms with Crippen LogP contribution in [0, 0.1) is 0 Å². The first-order valence-corrected chi connectivity index (χ1v) is 7.72. The third kappa shape index (κ3) is 4.56. The van der Waals surface area contributed by atoms with E-state index in [4.69, 9.17) is 0 Å². The van der Waals surface area contributed by atoms with E-state index in [1.807, 2.05) is 36.4 Å². The molecule has 0 atom stereocenters. The number of anilines is 1. The molecule has 0 spiro atoms. The van der Waals surface area contributed by atoms with Crippen LogP contribution in [0.25, 0.3) is 0 Å². The molecule has 0 fully saturated rings. The van der Waals surface area contributed by atoms with E-state index in [0.29, 0.717) is 12.2 Å². The van der Waals surface area contributed by atoms with Crippen LogP contribution in [0.4, 0.5) is 5.82 Å². The van der Waals surface area contributed by atoms with Crippen molar-refractivity contribution in [2.45, 2.75) is 19.9 Å². The van der Waals surface area contributed by atoms with Crippen molar-refractivity contribution in [3.8, 4) is 0 Å². The van der Waals surface area contributed by atoms with Crippen LogP contribution >= 0.6 is 15.9 Å². The van der Waals surface area contributed by atoms with Gasteiger partial charge in [0.25, 0.3) is 5.91 Å². The van der Waals surface area contributed by atoms with Gasteiger partial charge in [0, 0.05) is 17.6 Å². The summed E-state index contributed by atoms with van der Waals surface area (Å²) in [5, 5.41) is 6.05. The maximum Gasteiger partial charge on any atom is 0.270 e. The number of benzene rings is 1. The minimum atomic E-state index is -0.175. The highest BCUT2D eigenvalue weighted by Crippen LogP contribution is 2.15. The van der Waals surface area contributed by atoms with Gasteiger partial charge in [0.2, 0.25) is 0 Å². The number of aromatic nitrogens is 1. The first-order chi connectivity index (χ1) is 10.2. The van der Waals surface area contributed by atoms with E-state index in [-0.39, 0.29) is 5.91 Å². The summed E-state index contributed by atoms with van der Waals surface area (Å²) in [7, 11) is 0. The molecule has 0 radical (unpaired) electrons. The lowest BCUT2D eigenvalue weighted by molar-refractivity contribution is 0.0946. The SMILES string of the molecule is CCCNc1cccc(C(=O)NCc2ccccc2Br)n1. The molecule has 1 aromatic carbocycles. The summed E-state index contributed by atoms with van der Waals surface area (Å²) < 4.78 is 0.983. The van der Waals surface area contributed by atoms with Gasteiger partial charge < -0.3 is 10.6 Å². The van der Waals surface area contributed by atoms with Crippen molar-refractivity contribution in [1.82, 2.24) is 10.3 Å². The van der Waals surface area contributed by atoms with Crippen LogP contribution in [0.3, 0.4) is 0 Å². The summed E-state index contributed by atoms with van der Waals surface area (Å²) in [6.07, 6.45) is 1.01. The fourth-order valence-electron chi connectivity index (χ4n) is 1.82. The van der Waals surface area contributed by atoms with E-state index in [2.05, 4.69) is 38.5 Å². The first kappa shape index (κ1) is 15.5. The van der Waals surface area contributed by atoms with Crippen LogP contribution in [0.5, 0.6) is 0 Å². The predicted octanol–water partition coefficient (Wildman–Crippen LogP) is 3.60. The van der Waals surface area contributed by atoms with Crippen molar-refractivity contribution in [3.63, 3.8) is 0 Å². The standard InChI is InChI=1S/C16H18BrN3O/c1-2-10-18-15-9-5-8-14(20-15)16(21)19-11-12-6-3-4-7-13(12)17/h3-9H,2,10-11H2,1H3,(H,18,20)(H,19,21). The molecule has 0 unspecified atom stereocenters. The maximum atomic E-state index is 12.1. The van der Waals surface area contributed by atoms with Crippen LogP contribution in [0.2, 0.25) is 0 Å². The summed E-state index contributed by atoms with van der Waals surface area (Å²) in [5.74, 6) is 0.552. The van der Waals surface area contributed by atoms with Gasteiger partial charge in [-0.2, -0.15) is 0 Å².